The smallest absolute Gasteiger partial charge is 0.349 e. The van der Waals surface area contributed by atoms with E-state index in [0.29, 0.717) is 0 Å². The summed E-state index contributed by atoms with van der Waals surface area (Å²) in [6.07, 6.45) is -19.0. The summed E-state index contributed by atoms with van der Waals surface area (Å²) in [5.74, 6) is -6.71. The summed E-state index contributed by atoms with van der Waals surface area (Å²) < 4.78 is 139. The molecule has 0 heterocycles. The van der Waals surface area contributed by atoms with Crippen molar-refractivity contribution in [2.24, 2.45) is 0 Å². The minimum atomic E-state index is -6.42. The predicted octanol–water partition coefficient (Wildman–Crippen LogP) is 5.42. The van der Waals surface area contributed by atoms with Gasteiger partial charge in [-0.1, -0.05) is 0 Å². The maximum Gasteiger partial charge on any atom is 0.443 e. The minimum Gasteiger partial charge on any atom is -0.349 e. The lowest BCUT2D eigenvalue weighted by molar-refractivity contribution is -0.138. The van der Waals surface area contributed by atoms with Crippen LogP contribution in [-0.2, 0) is 0 Å². The Morgan fingerprint density at radius 3 is 1.22 bits per heavy atom. The van der Waals surface area contributed by atoms with Crippen LogP contribution in [0.4, 0.5) is 48.3 Å². The Bertz CT molecular complexity index is 474. The Balaban J connectivity index is 6.86. The highest BCUT2D eigenvalue weighted by molar-refractivity contribution is 5.43. The minimum absolute atomic E-state index is 0.0816. The SMILES string of the molecule is CCN(CC)/C(F)=C(\C(=C(\F)C(F)(F)F)C(F)(F)F)C(F)(F)F. The molecule has 0 rings (SSSR count). The first-order valence-corrected chi connectivity index (χ1v) is 5.85. The molecule has 0 aromatic heterocycles. The highest BCUT2D eigenvalue weighted by Crippen LogP contribution is 2.47. The Morgan fingerprint density at radius 1 is 0.652 bits per heavy atom. The van der Waals surface area contributed by atoms with E-state index in [1.54, 1.807) is 0 Å². The molecule has 0 atom stereocenters. The number of rotatable bonds is 4. The van der Waals surface area contributed by atoms with E-state index in [1.165, 1.54) is 0 Å². The van der Waals surface area contributed by atoms with Crippen molar-refractivity contribution in [1.82, 2.24) is 4.90 Å². The average molecular weight is 365 g/mol. The Morgan fingerprint density at radius 2 is 1.00 bits per heavy atom. The lowest BCUT2D eigenvalue weighted by Gasteiger charge is -2.25. The van der Waals surface area contributed by atoms with Crippen LogP contribution in [0.3, 0.4) is 0 Å². The van der Waals surface area contributed by atoms with E-state index in [0.717, 1.165) is 13.8 Å². The third kappa shape index (κ3) is 5.27. The van der Waals surface area contributed by atoms with Gasteiger partial charge in [-0.25, -0.2) is 4.39 Å². The second kappa shape index (κ2) is 6.95. The third-order valence-corrected chi connectivity index (χ3v) is 2.53. The molecule has 0 aliphatic carbocycles. The van der Waals surface area contributed by atoms with Crippen molar-refractivity contribution in [2.75, 3.05) is 13.1 Å². The predicted molar refractivity (Wildman–Crippen MR) is 57.4 cm³/mol. The Kier molecular flexibility index (Phi) is 6.50. The first-order valence-electron chi connectivity index (χ1n) is 5.85. The van der Waals surface area contributed by atoms with Crippen LogP contribution in [0.15, 0.2) is 22.9 Å². The molecule has 0 spiro atoms. The van der Waals surface area contributed by atoms with E-state index in [-0.39, 0.29) is 4.90 Å². The number of hydrogen-bond acceptors (Lipinski definition) is 1. The maximum absolute atomic E-state index is 13.8. The van der Waals surface area contributed by atoms with Gasteiger partial charge in [-0.3, -0.25) is 0 Å². The third-order valence-electron chi connectivity index (χ3n) is 2.53. The van der Waals surface area contributed by atoms with Gasteiger partial charge in [0.1, 0.15) is 11.1 Å². The fourth-order valence-corrected chi connectivity index (χ4v) is 1.54. The fraction of sp³-hybridized carbons (Fsp3) is 0.636. The average Bonchev–Trinajstić information content (AvgIpc) is 2.31. The molecule has 0 saturated heterocycles. The van der Waals surface area contributed by atoms with E-state index in [1.807, 2.05) is 0 Å². The quantitative estimate of drug-likeness (QED) is 0.365. The number of nitrogens with zero attached hydrogens (tertiary/aromatic N) is 1. The van der Waals surface area contributed by atoms with Gasteiger partial charge in [0.15, 0.2) is 0 Å². The van der Waals surface area contributed by atoms with Crippen molar-refractivity contribution in [2.45, 2.75) is 32.4 Å². The maximum atomic E-state index is 13.8. The molecule has 0 aliphatic rings. The lowest BCUT2D eigenvalue weighted by Crippen LogP contribution is -2.32. The summed E-state index contributed by atoms with van der Waals surface area (Å²) in [7, 11) is 0. The monoisotopic (exact) mass is 365 g/mol. The van der Waals surface area contributed by atoms with E-state index >= 15 is 0 Å². The molecule has 1 nitrogen and oxygen atoms in total. The van der Waals surface area contributed by atoms with Gasteiger partial charge in [-0.15, -0.1) is 0 Å². The molecule has 0 bridgehead atoms. The second-order valence-electron chi connectivity index (χ2n) is 4.02. The molecule has 0 radical (unpaired) electrons. The van der Waals surface area contributed by atoms with Crippen molar-refractivity contribution in [3.05, 3.63) is 22.9 Å². The van der Waals surface area contributed by atoms with Crippen LogP contribution in [0.25, 0.3) is 0 Å². The van der Waals surface area contributed by atoms with E-state index in [9.17, 15) is 48.3 Å². The second-order valence-corrected chi connectivity index (χ2v) is 4.02. The van der Waals surface area contributed by atoms with Gasteiger partial charge < -0.3 is 4.90 Å². The molecular formula is C11H10F11N. The van der Waals surface area contributed by atoms with Gasteiger partial charge in [0.05, 0.1) is 0 Å². The zero-order valence-corrected chi connectivity index (χ0v) is 11.5. The molecule has 0 unspecified atom stereocenters. The zero-order chi connectivity index (χ0) is 18.8. The van der Waals surface area contributed by atoms with Gasteiger partial charge in [0.2, 0.25) is 11.8 Å². The number of hydrogen-bond donors (Lipinski definition) is 0. The molecule has 136 valence electrons. The first kappa shape index (κ1) is 21.5. The van der Waals surface area contributed by atoms with Crippen LogP contribution >= 0.6 is 0 Å². The van der Waals surface area contributed by atoms with Gasteiger partial charge in [-0.2, -0.15) is 43.9 Å². The summed E-state index contributed by atoms with van der Waals surface area (Å²) >= 11 is 0. The first-order chi connectivity index (χ1) is 10.1. The molecule has 0 saturated carbocycles. The van der Waals surface area contributed by atoms with Crippen LogP contribution in [-0.4, -0.2) is 36.5 Å². The molecule has 23 heavy (non-hydrogen) atoms. The van der Waals surface area contributed by atoms with E-state index < -0.39 is 54.5 Å². The van der Waals surface area contributed by atoms with Crippen molar-refractivity contribution >= 4 is 0 Å². The van der Waals surface area contributed by atoms with Crippen LogP contribution in [0, 0.1) is 0 Å². The highest BCUT2D eigenvalue weighted by Gasteiger charge is 2.55. The van der Waals surface area contributed by atoms with Crippen molar-refractivity contribution < 1.29 is 48.3 Å². The zero-order valence-electron chi connectivity index (χ0n) is 11.5. The number of alkyl halides is 9. The van der Waals surface area contributed by atoms with Crippen molar-refractivity contribution in [3.8, 4) is 0 Å². The van der Waals surface area contributed by atoms with Gasteiger partial charge >= 0.3 is 18.5 Å². The molecule has 0 aromatic carbocycles. The molecule has 0 amide bonds. The fourth-order valence-electron chi connectivity index (χ4n) is 1.54. The van der Waals surface area contributed by atoms with Gasteiger partial charge in [0.25, 0.3) is 0 Å². The molecular weight excluding hydrogens is 355 g/mol. The highest BCUT2D eigenvalue weighted by atomic mass is 19.4. The molecule has 0 N–H and O–H groups in total. The molecule has 12 heteroatoms. The van der Waals surface area contributed by atoms with Crippen LogP contribution < -0.4 is 0 Å². The van der Waals surface area contributed by atoms with Crippen molar-refractivity contribution in [3.63, 3.8) is 0 Å². The van der Waals surface area contributed by atoms with Crippen LogP contribution in [0.2, 0.25) is 0 Å². The molecule has 0 aromatic rings. The Labute approximate surface area is 123 Å². The summed E-state index contributed by atoms with van der Waals surface area (Å²) in [4.78, 5) is 0.0816. The molecule has 0 fully saturated rings. The standard InChI is InChI=1S/C11H10F11N/c1-3-23(4-2)8(13)6(10(17,18)19)5(9(14,15)16)7(12)11(20,21)22/h3-4H2,1-2H3/b7-5-,8-6+. The summed E-state index contributed by atoms with van der Waals surface area (Å²) in [6.45, 7) is 0.934. The van der Waals surface area contributed by atoms with Gasteiger partial charge in [0, 0.05) is 13.1 Å². The van der Waals surface area contributed by atoms with Crippen LogP contribution in [0.1, 0.15) is 13.8 Å². The number of allylic oxidation sites excluding steroid dienone is 3. The lowest BCUT2D eigenvalue weighted by atomic mass is 10.0. The topological polar surface area (TPSA) is 3.24 Å². The largest absolute Gasteiger partial charge is 0.443 e. The summed E-state index contributed by atoms with van der Waals surface area (Å²) in [5, 5.41) is 0. The van der Waals surface area contributed by atoms with E-state index in [2.05, 4.69) is 0 Å². The van der Waals surface area contributed by atoms with E-state index in [4.69, 9.17) is 0 Å². The summed E-state index contributed by atoms with van der Waals surface area (Å²) in [5.41, 5.74) is -7.11. The normalized spacial score (nSPS) is 16.0. The summed E-state index contributed by atoms with van der Waals surface area (Å²) in [6, 6.07) is 0. The number of halogens is 11. The van der Waals surface area contributed by atoms with Crippen molar-refractivity contribution in [1.29, 1.82) is 0 Å². The Hall–Kier alpha value is -1.49. The molecule has 0 aliphatic heterocycles. The van der Waals surface area contributed by atoms with Crippen LogP contribution in [0.5, 0.6) is 0 Å². The van der Waals surface area contributed by atoms with Gasteiger partial charge in [-0.05, 0) is 13.8 Å².